The topological polar surface area (TPSA) is 76.5 Å². The second-order valence-corrected chi connectivity index (χ2v) is 10.4. The van der Waals surface area contributed by atoms with Crippen LogP contribution in [0.2, 0.25) is 0 Å². The molecule has 2 aromatic carbocycles. The van der Waals surface area contributed by atoms with Crippen LogP contribution >= 0.6 is 0 Å². The lowest BCUT2D eigenvalue weighted by Crippen LogP contribution is -2.52. The fourth-order valence-corrected chi connectivity index (χ4v) is 5.57. The summed E-state index contributed by atoms with van der Waals surface area (Å²) < 4.78 is 35.5. The van der Waals surface area contributed by atoms with Gasteiger partial charge in [-0.2, -0.15) is 5.10 Å². The van der Waals surface area contributed by atoms with Gasteiger partial charge in [0.15, 0.2) is 0 Å². The van der Waals surface area contributed by atoms with Gasteiger partial charge >= 0.3 is 0 Å². The van der Waals surface area contributed by atoms with E-state index in [9.17, 15) is 8.42 Å². The van der Waals surface area contributed by atoms with E-state index in [0.717, 1.165) is 36.4 Å². The summed E-state index contributed by atoms with van der Waals surface area (Å²) in [6.07, 6.45) is 5.02. The maximum Gasteiger partial charge on any atom is 0.243 e. The molecule has 0 radical (unpaired) electrons. The van der Waals surface area contributed by atoms with E-state index in [0.29, 0.717) is 18.6 Å². The Morgan fingerprint density at radius 3 is 2.62 bits per heavy atom. The van der Waals surface area contributed by atoms with Gasteiger partial charge in [0.1, 0.15) is 17.3 Å². The van der Waals surface area contributed by atoms with Crippen molar-refractivity contribution < 1.29 is 13.2 Å². The van der Waals surface area contributed by atoms with Crippen molar-refractivity contribution in [2.75, 3.05) is 19.7 Å². The van der Waals surface area contributed by atoms with Gasteiger partial charge in [0.25, 0.3) is 0 Å². The number of nitrogens with one attached hydrogen (secondary N) is 1. The predicted molar refractivity (Wildman–Crippen MR) is 122 cm³/mol. The lowest BCUT2D eigenvalue weighted by molar-refractivity contribution is 0.0501. The van der Waals surface area contributed by atoms with Crippen molar-refractivity contribution in [2.45, 2.75) is 36.2 Å². The van der Waals surface area contributed by atoms with Crippen LogP contribution in [0.15, 0.2) is 65.8 Å². The third-order valence-corrected chi connectivity index (χ3v) is 7.82. The second kappa shape index (κ2) is 8.69. The Balaban J connectivity index is 1.40. The molecule has 3 heterocycles. The van der Waals surface area contributed by atoms with E-state index in [-0.39, 0.29) is 11.4 Å². The van der Waals surface area contributed by atoms with Crippen molar-refractivity contribution >= 4 is 10.0 Å². The molecular weight excluding hydrogens is 424 g/mol. The van der Waals surface area contributed by atoms with Crippen molar-refractivity contribution in [3.8, 4) is 5.75 Å². The molecule has 1 aromatic heterocycles. The number of ether oxygens (including phenoxy) is 1. The van der Waals surface area contributed by atoms with E-state index in [1.54, 1.807) is 7.05 Å². The Morgan fingerprint density at radius 1 is 1.12 bits per heavy atom. The first kappa shape index (κ1) is 21.2. The van der Waals surface area contributed by atoms with Gasteiger partial charge in [-0.1, -0.05) is 42.5 Å². The van der Waals surface area contributed by atoms with E-state index in [1.807, 2.05) is 18.2 Å². The van der Waals surface area contributed by atoms with Crippen LogP contribution in [-0.2, 0) is 30.0 Å². The SMILES string of the molecule is Cn1cc(S(=O)(=O)NCc2ccc3c(c2)[C@@H](Cc2ccccc2)[C@@H](N2CCC2)CO3)cn1. The molecule has 0 bridgehead atoms. The Morgan fingerprint density at radius 2 is 1.94 bits per heavy atom. The van der Waals surface area contributed by atoms with Crippen LogP contribution in [0, 0.1) is 0 Å². The molecule has 32 heavy (non-hydrogen) atoms. The third-order valence-electron chi connectivity index (χ3n) is 6.46. The molecule has 3 aromatic rings. The summed E-state index contributed by atoms with van der Waals surface area (Å²) in [5.41, 5.74) is 3.38. The third kappa shape index (κ3) is 4.30. The predicted octanol–water partition coefficient (Wildman–Crippen LogP) is 2.69. The molecule has 5 rings (SSSR count). The number of aryl methyl sites for hydroxylation is 1. The average molecular weight is 453 g/mol. The van der Waals surface area contributed by atoms with E-state index in [4.69, 9.17) is 4.74 Å². The number of aromatic nitrogens is 2. The largest absolute Gasteiger partial charge is 0.492 e. The summed E-state index contributed by atoms with van der Waals surface area (Å²) in [5.74, 6) is 1.21. The Hall–Kier alpha value is -2.68. The molecule has 0 amide bonds. The number of hydrogen-bond acceptors (Lipinski definition) is 5. The summed E-state index contributed by atoms with van der Waals surface area (Å²) in [6.45, 7) is 3.13. The van der Waals surface area contributed by atoms with Gasteiger partial charge in [0.2, 0.25) is 10.0 Å². The van der Waals surface area contributed by atoms with Crippen LogP contribution in [0.25, 0.3) is 0 Å². The smallest absolute Gasteiger partial charge is 0.243 e. The maximum atomic E-state index is 12.6. The first-order chi connectivity index (χ1) is 15.5. The quantitative estimate of drug-likeness (QED) is 0.597. The highest BCUT2D eigenvalue weighted by Gasteiger charge is 2.37. The summed E-state index contributed by atoms with van der Waals surface area (Å²) in [4.78, 5) is 2.68. The molecule has 2 aliphatic heterocycles. The highest BCUT2D eigenvalue weighted by molar-refractivity contribution is 7.89. The van der Waals surface area contributed by atoms with Gasteiger partial charge in [0, 0.05) is 25.7 Å². The average Bonchev–Trinajstić information content (AvgIpc) is 3.21. The molecule has 0 unspecified atom stereocenters. The highest BCUT2D eigenvalue weighted by Crippen LogP contribution is 2.40. The van der Waals surface area contributed by atoms with Crippen LogP contribution in [0.5, 0.6) is 5.75 Å². The van der Waals surface area contributed by atoms with Gasteiger partial charge in [-0.15, -0.1) is 0 Å². The Labute approximate surface area is 189 Å². The lowest BCUT2D eigenvalue weighted by Gasteiger charge is -2.45. The number of rotatable bonds is 7. The molecule has 2 aliphatic rings. The van der Waals surface area contributed by atoms with Gasteiger partial charge in [-0.25, -0.2) is 13.1 Å². The molecule has 2 atom stereocenters. The van der Waals surface area contributed by atoms with E-state index in [2.05, 4.69) is 45.1 Å². The minimum atomic E-state index is -3.61. The zero-order valence-electron chi connectivity index (χ0n) is 18.1. The van der Waals surface area contributed by atoms with Crippen LogP contribution in [0.3, 0.4) is 0 Å². The fourth-order valence-electron chi connectivity index (χ4n) is 4.57. The van der Waals surface area contributed by atoms with E-state index < -0.39 is 10.0 Å². The minimum absolute atomic E-state index is 0.168. The number of hydrogen-bond donors (Lipinski definition) is 1. The minimum Gasteiger partial charge on any atom is -0.492 e. The van der Waals surface area contributed by atoms with Gasteiger partial charge in [-0.3, -0.25) is 9.58 Å². The first-order valence-corrected chi connectivity index (χ1v) is 12.5. The van der Waals surface area contributed by atoms with Gasteiger partial charge in [-0.05, 0) is 48.7 Å². The molecule has 0 aliphatic carbocycles. The summed E-state index contributed by atoms with van der Waals surface area (Å²) in [5, 5.41) is 3.96. The fraction of sp³-hybridized carbons (Fsp3) is 0.375. The van der Waals surface area contributed by atoms with E-state index in [1.165, 1.54) is 29.1 Å². The standard InChI is InChI=1S/C24H28N4O3S/c1-27-16-20(15-25-27)32(29,30)26-14-19-8-9-24-22(13-19)21(12-18-6-3-2-4-7-18)23(17-31-24)28-10-5-11-28/h2-4,6-9,13,15-16,21,23,26H,5,10-12,14,17H2,1H3/t21-,23+/m1/s1. The molecule has 0 spiro atoms. The van der Waals surface area contributed by atoms with Gasteiger partial charge in [0.05, 0.1) is 12.2 Å². The molecule has 168 valence electrons. The number of likely N-dealkylation sites (tertiary alicyclic amines) is 1. The van der Waals surface area contributed by atoms with Crippen molar-refractivity contribution in [2.24, 2.45) is 7.05 Å². The zero-order valence-corrected chi connectivity index (χ0v) is 19.0. The second-order valence-electron chi connectivity index (χ2n) is 8.61. The molecule has 1 N–H and O–H groups in total. The number of nitrogens with zero attached hydrogens (tertiary/aromatic N) is 3. The summed E-state index contributed by atoms with van der Waals surface area (Å²) in [7, 11) is -1.91. The lowest BCUT2D eigenvalue weighted by atomic mass is 9.81. The Bertz CT molecular complexity index is 1190. The van der Waals surface area contributed by atoms with Crippen molar-refractivity contribution in [3.63, 3.8) is 0 Å². The molecule has 0 saturated carbocycles. The first-order valence-electron chi connectivity index (χ1n) is 11.0. The van der Waals surface area contributed by atoms with Crippen LogP contribution in [-0.4, -0.2) is 48.8 Å². The zero-order chi connectivity index (χ0) is 22.1. The number of fused-ring (bicyclic) bond motifs is 1. The van der Waals surface area contributed by atoms with Crippen LogP contribution in [0.4, 0.5) is 0 Å². The number of sulfonamides is 1. The van der Waals surface area contributed by atoms with Crippen LogP contribution in [0.1, 0.15) is 29.0 Å². The summed E-state index contributed by atoms with van der Waals surface area (Å²) in [6, 6.07) is 16.9. The molecule has 8 heteroatoms. The monoisotopic (exact) mass is 452 g/mol. The molecule has 1 saturated heterocycles. The Kier molecular flexibility index (Phi) is 5.75. The number of benzene rings is 2. The molecular formula is C24H28N4O3S. The molecule has 7 nitrogen and oxygen atoms in total. The van der Waals surface area contributed by atoms with Crippen molar-refractivity contribution in [1.29, 1.82) is 0 Å². The normalized spacial score (nSPS) is 20.9. The highest BCUT2D eigenvalue weighted by atomic mass is 32.2. The van der Waals surface area contributed by atoms with Gasteiger partial charge < -0.3 is 4.74 Å². The maximum absolute atomic E-state index is 12.6. The van der Waals surface area contributed by atoms with Crippen LogP contribution < -0.4 is 9.46 Å². The van der Waals surface area contributed by atoms with Crippen molar-refractivity contribution in [1.82, 2.24) is 19.4 Å². The molecule has 1 fully saturated rings. The van der Waals surface area contributed by atoms with E-state index >= 15 is 0 Å². The van der Waals surface area contributed by atoms with Crippen molar-refractivity contribution in [3.05, 3.63) is 77.6 Å². The summed E-state index contributed by atoms with van der Waals surface area (Å²) >= 11 is 0.